The highest BCUT2D eigenvalue weighted by molar-refractivity contribution is 9.10. The molecule has 0 aliphatic heterocycles. The third-order valence-electron chi connectivity index (χ3n) is 4.05. The molecule has 2 aromatic rings. The van der Waals surface area contributed by atoms with Gasteiger partial charge >= 0.3 is 0 Å². The second kappa shape index (κ2) is 7.39. The van der Waals surface area contributed by atoms with E-state index in [9.17, 15) is 5.11 Å². The molecule has 1 fully saturated rings. The molecule has 0 radical (unpaired) electrons. The van der Waals surface area contributed by atoms with E-state index in [-0.39, 0.29) is 0 Å². The minimum absolute atomic E-state index is 0.291. The highest BCUT2D eigenvalue weighted by atomic mass is 79.9. The Morgan fingerprint density at radius 3 is 2.55 bits per heavy atom. The van der Waals surface area contributed by atoms with Crippen molar-refractivity contribution >= 4 is 39.3 Å². The zero-order valence-corrected chi connectivity index (χ0v) is 15.1. The van der Waals surface area contributed by atoms with Crippen LogP contribution in [0.3, 0.4) is 0 Å². The summed E-state index contributed by atoms with van der Waals surface area (Å²) in [6, 6.07) is 7.67. The number of aromatic nitrogens is 1. The van der Waals surface area contributed by atoms with Crippen molar-refractivity contribution in [1.29, 1.82) is 0 Å². The van der Waals surface area contributed by atoms with E-state index >= 15 is 0 Å². The van der Waals surface area contributed by atoms with Crippen LogP contribution in [-0.2, 0) is 0 Å². The van der Waals surface area contributed by atoms with Gasteiger partial charge in [-0.3, -0.25) is 0 Å². The number of aliphatic hydroxyl groups excluding tert-OH is 1. The van der Waals surface area contributed by atoms with Crippen LogP contribution in [-0.4, -0.2) is 16.7 Å². The number of hydrogen-bond donors (Lipinski definition) is 1. The van der Waals surface area contributed by atoms with Crippen LogP contribution in [0.15, 0.2) is 43.3 Å². The van der Waals surface area contributed by atoms with Crippen molar-refractivity contribution < 1.29 is 9.52 Å². The van der Waals surface area contributed by atoms with Gasteiger partial charge in [-0.25, -0.2) is 4.98 Å². The fourth-order valence-electron chi connectivity index (χ4n) is 2.74. The van der Waals surface area contributed by atoms with E-state index < -0.39 is 0 Å². The Morgan fingerprint density at radius 1 is 1.23 bits per heavy atom. The van der Waals surface area contributed by atoms with Gasteiger partial charge in [0, 0.05) is 22.4 Å². The van der Waals surface area contributed by atoms with Crippen molar-refractivity contribution in [1.82, 2.24) is 4.98 Å². The molecular weight excluding hydrogens is 386 g/mol. The summed E-state index contributed by atoms with van der Waals surface area (Å²) in [4.78, 5) is 5.61. The fourth-order valence-corrected chi connectivity index (χ4v) is 4.11. The Kier molecular flexibility index (Phi) is 5.50. The summed E-state index contributed by atoms with van der Waals surface area (Å²) < 4.78 is 6.72. The molecule has 1 aliphatic carbocycles. The normalized spacial score (nSPS) is 22.0. The van der Waals surface area contributed by atoms with Crippen molar-refractivity contribution in [3.63, 3.8) is 0 Å². The van der Waals surface area contributed by atoms with Crippen molar-refractivity contribution in [3.05, 3.63) is 39.8 Å². The fraction of sp³-hybridized carbons (Fsp3) is 0.438. The summed E-state index contributed by atoms with van der Waals surface area (Å²) in [5.41, 5.74) is 0. The minimum Gasteiger partial charge on any atom is -0.433 e. The average Bonchev–Trinajstić information content (AvgIpc) is 2.91. The number of aliphatic hydroxyl groups is 1. The summed E-state index contributed by atoms with van der Waals surface area (Å²) in [5, 5.41) is 10.7. The molecule has 118 valence electrons. The maximum Gasteiger partial charge on any atom is 0.200 e. The monoisotopic (exact) mass is 401 g/mol. The topological polar surface area (TPSA) is 46.3 Å². The number of hydrogen-bond acceptors (Lipinski definition) is 4. The maximum absolute atomic E-state index is 9.22. The van der Waals surface area contributed by atoms with E-state index in [0.29, 0.717) is 18.4 Å². The van der Waals surface area contributed by atoms with Gasteiger partial charge in [0.15, 0.2) is 15.6 Å². The first-order valence-electron chi connectivity index (χ1n) is 7.36. The lowest BCUT2D eigenvalue weighted by atomic mass is 9.82. The zero-order chi connectivity index (χ0) is 15.5. The van der Waals surface area contributed by atoms with Crippen LogP contribution in [0.2, 0.25) is 5.02 Å². The Hall–Kier alpha value is -0.490. The molecule has 0 spiro atoms. The van der Waals surface area contributed by atoms with E-state index in [1.165, 1.54) is 11.8 Å². The molecule has 1 N–H and O–H groups in total. The van der Waals surface area contributed by atoms with Crippen LogP contribution in [0.25, 0.3) is 0 Å². The molecule has 1 heterocycles. The maximum atomic E-state index is 9.22. The number of oxazole rings is 1. The van der Waals surface area contributed by atoms with Crippen molar-refractivity contribution in [2.45, 2.75) is 41.6 Å². The molecule has 1 aromatic carbocycles. The number of halogens is 2. The minimum atomic E-state index is 0.291. The van der Waals surface area contributed by atoms with E-state index in [1.54, 1.807) is 0 Å². The van der Waals surface area contributed by atoms with E-state index in [1.807, 2.05) is 24.3 Å². The molecule has 1 aromatic heterocycles. The van der Waals surface area contributed by atoms with Gasteiger partial charge in [-0.2, -0.15) is 0 Å². The number of rotatable bonds is 4. The zero-order valence-electron chi connectivity index (χ0n) is 12.0. The Bertz CT molecular complexity index is 624. The van der Waals surface area contributed by atoms with Crippen LogP contribution in [0.5, 0.6) is 0 Å². The first-order valence-corrected chi connectivity index (χ1v) is 9.35. The molecule has 1 saturated carbocycles. The van der Waals surface area contributed by atoms with Crippen molar-refractivity contribution in [2.24, 2.45) is 5.92 Å². The Balaban J connectivity index is 1.70. The largest absolute Gasteiger partial charge is 0.433 e. The van der Waals surface area contributed by atoms with Crippen molar-refractivity contribution in [2.75, 3.05) is 6.61 Å². The van der Waals surface area contributed by atoms with E-state index in [2.05, 4.69) is 20.9 Å². The molecule has 0 amide bonds. The average molecular weight is 403 g/mol. The Labute approximate surface area is 147 Å². The van der Waals surface area contributed by atoms with Gasteiger partial charge in [-0.15, -0.1) is 0 Å². The van der Waals surface area contributed by atoms with Gasteiger partial charge in [-0.1, -0.05) is 11.6 Å². The highest BCUT2D eigenvalue weighted by Gasteiger charge is 2.26. The van der Waals surface area contributed by atoms with E-state index in [0.717, 1.165) is 51.2 Å². The van der Waals surface area contributed by atoms with Gasteiger partial charge in [0.05, 0.1) is 0 Å². The Morgan fingerprint density at radius 2 is 1.91 bits per heavy atom. The third kappa shape index (κ3) is 3.88. The molecule has 0 bridgehead atoms. The lowest BCUT2D eigenvalue weighted by Gasteiger charge is -2.24. The second-order valence-corrected chi connectivity index (χ2v) is 7.82. The van der Waals surface area contributed by atoms with Crippen LogP contribution in [0.4, 0.5) is 0 Å². The summed E-state index contributed by atoms with van der Waals surface area (Å²) in [7, 11) is 0. The predicted molar refractivity (Wildman–Crippen MR) is 91.6 cm³/mol. The van der Waals surface area contributed by atoms with Crippen LogP contribution >= 0.6 is 39.3 Å². The molecule has 1 aliphatic rings. The quantitative estimate of drug-likeness (QED) is 0.732. The summed E-state index contributed by atoms with van der Waals surface area (Å²) >= 11 is 10.9. The van der Waals surface area contributed by atoms with Gasteiger partial charge < -0.3 is 9.52 Å². The SMILES string of the molecule is OCC1CCC(c2nc(Br)c(Sc3ccc(Cl)cc3)o2)CC1. The van der Waals surface area contributed by atoms with Crippen LogP contribution in [0, 0.1) is 5.92 Å². The second-order valence-electron chi connectivity index (χ2n) is 5.59. The summed E-state index contributed by atoms with van der Waals surface area (Å²) in [6.07, 6.45) is 4.15. The van der Waals surface area contributed by atoms with Gasteiger partial charge in [0.1, 0.15) is 0 Å². The van der Waals surface area contributed by atoms with Gasteiger partial charge in [0.25, 0.3) is 0 Å². The molecule has 6 heteroatoms. The predicted octanol–water partition coefficient (Wildman–Crippen LogP) is 5.51. The lowest BCUT2D eigenvalue weighted by molar-refractivity contribution is 0.175. The first kappa shape index (κ1) is 16.4. The molecule has 0 atom stereocenters. The molecule has 3 rings (SSSR count). The molecule has 0 unspecified atom stereocenters. The molecule has 22 heavy (non-hydrogen) atoms. The molecule has 3 nitrogen and oxygen atoms in total. The third-order valence-corrected chi connectivity index (χ3v) is 6.07. The highest BCUT2D eigenvalue weighted by Crippen LogP contribution is 2.40. The van der Waals surface area contributed by atoms with Crippen molar-refractivity contribution in [3.8, 4) is 0 Å². The smallest absolute Gasteiger partial charge is 0.200 e. The van der Waals surface area contributed by atoms with E-state index in [4.69, 9.17) is 16.0 Å². The number of benzene rings is 1. The summed E-state index contributed by atoms with van der Waals surface area (Å²) in [5.74, 6) is 1.61. The number of nitrogens with zero attached hydrogens (tertiary/aromatic N) is 1. The van der Waals surface area contributed by atoms with Crippen LogP contribution < -0.4 is 0 Å². The summed E-state index contributed by atoms with van der Waals surface area (Å²) in [6.45, 7) is 0.291. The standard InChI is InChI=1S/C16H17BrClNO2S/c17-14-16(22-13-7-5-12(18)6-8-13)21-15(19-14)11-3-1-10(9-20)2-4-11/h5-8,10-11,20H,1-4,9H2. The molecular formula is C16H17BrClNO2S. The van der Waals surface area contributed by atoms with Crippen LogP contribution in [0.1, 0.15) is 37.5 Å². The molecule has 0 saturated heterocycles. The first-order chi connectivity index (χ1) is 10.7. The van der Waals surface area contributed by atoms with Gasteiger partial charge in [0.2, 0.25) is 0 Å². The van der Waals surface area contributed by atoms with Gasteiger partial charge in [-0.05, 0) is 83.6 Å². The lowest BCUT2D eigenvalue weighted by Crippen LogP contribution is -2.16.